The minimum Gasteiger partial charge on any atom is -0.456 e. The minimum atomic E-state index is -0.621. The Bertz CT molecular complexity index is 760. The highest BCUT2D eigenvalue weighted by Gasteiger charge is 2.70. The van der Waals surface area contributed by atoms with Crippen molar-refractivity contribution in [3.8, 4) is 0 Å². The molecular formula is C27H43NO5. The van der Waals surface area contributed by atoms with E-state index < -0.39 is 17.8 Å². The highest BCUT2D eigenvalue weighted by atomic mass is 16.6. The molecule has 6 heteroatoms. The smallest absolute Gasteiger partial charge is 0.330 e. The van der Waals surface area contributed by atoms with Crippen LogP contribution < -0.4 is 5.32 Å². The van der Waals surface area contributed by atoms with E-state index in [4.69, 9.17) is 9.47 Å². The minimum absolute atomic E-state index is 0.199. The van der Waals surface area contributed by atoms with Crippen LogP contribution in [0, 0.1) is 29.6 Å². The van der Waals surface area contributed by atoms with Gasteiger partial charge < -0.3 is 19.9 Å². The van der Waals surface area contributed by atoms with E-state index in [1.165, 1.54) is 19.3 Å². The lowest BCUT2D eigenvalue weighted by Crippen LogP contribution is -2.61. The number of fused-ring (bicyclic) bond motifs is 4. The van der Waals surface area contributed by atoms with Gasteiger partial charge in [0, 0.05) is 18.4 Å². The average Bonchev–Trinajstić information content (AvgIpc) is 3.27. The average molecular weight is 462 g/mol. The first-order valence-corrected chi connectivity index (χ1v) is 13.2. The van der Waals surface area contributed by atoms with Crippen molar-refractivity contribution >= 4 is 11.9 Å². The van der Waals surface area contributed by atoms with Crippen LogP contribution in [0.4, 0.5) is 0 Å². The van der Waals surface area contributed by atoms with Gasteiger partial charge in [0.15, 0.2) is 0 Å². The maximum absolute atomic E-state index is 13.1. The summed E-state index contributed by atoms with van der Waals surface area (Å²) in [5.41, 5.74) is -1.14. The number of esters is 1. The first-order valence-electron chi connectivity index (χ1n) is 13.2. The molecule has 2 aliphatic heterocycles. The van der Waals surface area contributed by atoms with Crippen molar-refractivity contribution in [2.45, 2.75) is 109 Å². The molecule has 4 aliphatic rings. The zero-order chi connectivity index (χ0) is 23.8. The van der Waals surface area contributed by atoms with Gasteiger partial charge in [0.2, 0.25) is 5.91 Å². The molecule has 2 aliphatic carbocycles. The molecule has 7 unspecified atom stereocenters. The Balaban J connectivity index is 1.62. The fourth-order valence-electron chi connectivity index (χ4n) is 7.62. The maximum atomic E-state index is 13.1. The monoisotopic (exact) mass is 461 g/mol. The van der Waals surface area contributed by atoms with E-state index >= 15 is 0 Å². The summed E-state index contributed by atoms with van der Waals surface area (Å²) in [5, 5.41) is 12.4. The molecule has 4 fully saturated rings. The van der Waals surface area contributed by atoms with Crippen LogP contribution in [-0.2, 0) is 19.1 Å². The van der Waals surface area contributed by atoms with Gasteiger partial charge in [-0.25, -0.2) is 4.79 Å². The quantitative estimate of drug-likeness (QED) is 0.439. The molecule has 2 heterocycles. The van der Waals surface area contributed by atoms with Crippen molar-refractivity contribution in [1.82, 2.24) is 5.32 Å². The van der Waals surface area contributed by atoms with E-state index in [1.54, 1.807) is 6.08 Å². The van der Waals surface area contributed by atoms with Crippen LogP contribution in [0.15, 0.2) is 12.2 Å². The van der Waals surface area contributed by atoms with Crippen LogP contribution in [0.3, 0.4) is 0 Å². The topological polar surface area (TPSA) is 84.9 Å². The predicted molar refractivity (Wildman–Crippen MR) is 126 cm³/mol. The highest BCUT2D eigenvalue weighted by molar-refractivity contribution is 5.82. The molecule has 7 atom stereocenters. The summed E-state index contributed by atoms with van der Waals surface area (Å²) < 4.78 is 13.2. The Morgan fingerprint density at radius 2 is 1.91 bits per heavy atom. The second-order valence-corrected chi connectivity index (χ2v) is 11.8. The molecule has 4 rings (SSSR count). The lowest BCUT2D eigenvalue weighted by molar-refractivity contribution is -0.250. The molecule has 2 N–H and O–H groups in total. The number of allylic oxidation sites excluding steroid dienone is 1. The SMILES string of the molecule is CC(C)CC12CC(NC(=O)CO)C(C)(O1)C1CCC(C)C1C2OC(=O)/C=C/C1CCCCC1. The molecular weight excluding hydrogens is 418 g/mol. The van der Waals surface area contributed by atoms with Crippen molar-refractivity contribution in [3.63, 3.8) is 0 Å². The van der Waals surface area contributed by atoms with Gasteiger partial charge in [0.25, 0.3) is 0 Å². The van der Waals surface area contributed by atoms with Gasteiger partial charge in [-0.2, -0.15) is 0 Å². The molecule has 0 aromatic carbocycles. The maximum Gasteiger partial charge on any atom is 0.330 e. The zero-order valence-corrected chi connectivity index (χ0v) is 20.8. The lowest BCUT2D eigenvalue weighted by Gasteiger charge is -2.52. The Hall–Kier alpha value is -1.40. The van der Waals surface area contributed by atoms with Crippen molar-refractivity contribution in [3.05, 3.63) is 12.2 Å². The number of amides is 1. The van der Waals surface area contributed by atoms with Crippen LogP contribution in [0.5, 0.6) is 0 Å². The number of carbonyl (C=O) groups excluding carboxylic acids is 2. The summed E-state index contributed by atoms with van der Waals surface area (Å²) in [6.07, 6.45) is 12.9. The summed E-state index contributed by atoms with van der Waals surface area (Å²) in [7, 11) is 0. The molecule has 0 aromatic heterocycles. The summed E-state index contributed by atoms with van der Waals surface area (Å²) in [5.74, 6) is 1.05. The van der Waals surface area contributed by atoms with E-state index in [9.17, 15) is 14.7 Å². The van der Waals surface area contributed by atoms with Crippen LogP contribution in [0.1, 0.15) is 85.5 Å². The number of rotatable bonds is 7. The number of ether oxygens (including phenoxy) is 2. The normalized spacial score (nSPS) is 40.8. The van der Waals surface area contributed by atoms with Gasteiger partial charge in [-0.3, -0.25) is 4.79 Å². The zero-order valence-electron chi connectivity index (χ0n) is 20.8. The first kappa shape index (κ1) is 24.7. The highest BCUT2D eigenvalue weighted by Crippen LogP contribution is 2.62. The van der Waals surface area contributed by atoms with Crippen molar-refractivity contribution < 1.29 is 24.2 Å². The van der Waals surface area contributed by atoms with Crippen LogP contribution >= 0.6 is 0 Å². The van der Waals surface area contributed by atoms with Gasteiger partial charge in [0.1, 0.15) is 18.3 Å². The second-order valence-electron chi connectivity index (χ2n) is 11.8. The third-order valence-electron chi connectivity index (χ3n) is 8.95. The molecule has 1 amide bonds. The van der Waals surface area contributed by atoms with Gasteiger partial charge >= 0.3 is 5.97 Å². The van der Waals surface area contributed by atoms with E-state index in [0.717, 1.165) is 32.1 Å². The standard InChI is InChI=1S/C27H43NO5/c1-17(2)14-27-15-21(28-22(30)16-29)26(4,33-27)20-12-10-18(3)24(20)25(27)32-23(31)13-11-19-8-6-5-7-9-19/h11,13,17-21,24-25,29H,5-10,12,14-16H2,1-4H3,(H,28,30)/b13-11+. The van der Waals surface area contributed by atoms with Gasteiger partial charge in [-0.05, 0) is 62.7 Å². The van der Waals surface area contributed by atoms with Gasteiger partial charge in [0.05, 0.1) is 11.6 Å². The van der Waals surface area contributed by atoms with E-state index in [-0.39, 0.29) is 35.9 Å². The second kappa shape index (κ2) is 9.69. The van der Waals surface area contributed by atoms with Crippen LogP contribution in [0.25, 0.3) is 0 Å². The molecule has 2 saturated carbocycles. The molecule has 186 valence electrons. The van der Waals surface area contributed by atoms with Crippen LogP contribution in [0.2, 0.25) is 0 Å². The summed E-state index contributed by atoms with van der Waals surface area (Å²) in [6.45, 7) is 8.19. The van der Waals surface area contributed by atoms with Crippen molar-refractivity contribution in [1.29, 1.82) is 0 Å². The van der Waals surface area contributed by atoms with Crippen molar-refractivity contribution in [2.24, 2.45) is 29.6 Å². The predicted octanol–water partition coefficient (Wildman–Crippen LogP) is 4.15. The largest absolute Gasteiger partial charge is 0.456 e. The van der Waals surface area contributed by atoms with E-state index in [0.29, 0.717) is 24.2 Å². The summed E-state index contributed by atoms with van der Waals surface area (Å²) in [6, 6.07) is -0.199. The third kappa shape index (κ3) is 4.75. The summed E-state index contributed by atoms with van der Waals surface area (Å²) >= 11 is 0. The Kier molecular flexibility index (Phi) is 7.26. The fourth-order valence-corrected chi connectivity index (χ4v) is 7.62. The van der Waals surface area contributed by atoms with E-state index in [2.05, 4.69) is 39.1 Å². The molecule has 2 bridgehead atoms. The first-order chi connectivity index (χ1) is 15.7. The molecule has 0 spiro atoms. The molecule has 6 nitrogen and oxygen atoms in total. The number of nitrogens with one attached hydrogen (secondary N) is 1. The fraction of sp³-hybridized carbons (Fsp3) is 0.852. The van der Waals surface area contributed by atoms with Gasteiger partial charge in [-0.1, -0.05) is 46.1 Å². The Morgan fingerprint density at radius 3 is 2.58 bits per heavy atom. The van der Waals surface area contributed by atoms with E-state index in [1.807, 2.05) is 0 Å². The number of carbonyl (C=O) groups is 2. The Labute approximate surface area is 198 Å². The summed E-state index contributed by atoms with van der Waals surface area (Å²) in [4.78, 5) is 25.2. The lowest BCUT2D eigenvalue weighted by atomic mass is 9.70. The number of aliphatic hydroxyl groups is 1. The number of hydrogen-bond acceptors (Lipinski definition) is 5. The third-order valence-corrected chi connectivity index (χ3v) is 8.95. The molecule has 33 heavy (non-hydrogen) atoms. The van der Waals surface area contributed by atoms with Gasteiger partial charge in [-0.15, -0.1) is 0 Å². The molecule has 2 saturated heterocycles. The number of aliphatic hydroxyl groups excluding tert-OH is 1. The van der Waals surface area contributed by atoms with Crippen molar-refractivity contribution in [2.75, 3.05) is 6.61 Å². The molecule has 0 radical (unpaired) electrons. The number of hydrogen-bond donors (Lipinski definition) is 2. The Morgan fingerprint density at radius 1 is 1.18 bits per heavy atom. The van der Waals surface area contributed by atoms with Crippen LogP contribution in [-0.4, -0.2) is 46.9 Å². The molecule has 0 aromatic rings.